The van der Waals surface area contributed by atoms with E-state index >= 15 is 0 Å². The van der Waals surface area contributed by atoms with Gasteiger partial charge < -0.3 is 25.3 Å². The first-order valence-electron chi connectivity index (χ1n) is 9.53. The van der Waals surface area contributed by atoms with Crippen LogP contribution in [0.15, 0.2) is 48.5 Å². The molecule has 10 heteroatoms. The molecule has 8 nitrogen and oxygen atoms in total. The molecule has 0 fully saturated rings. The molecule has 2 aromatic rings. The molecular weight excluding hydrogens is 512 g/mol. The van der Waals surface area contributed by atoms with E-state index in [1.54, 1.807) is 0 Å². The molecule has 0 saturated heterocycles. The number of nitrogens with zero attached hydrogens (tertiary/aromatic N) is 1. The van der Waals surface area contributed by atoms with Gasteiger partial charge in [-0.3, -0.25) is 9.59 Å². The minimum absolute atomic E-state index is 0. The number of alkyl carbamates (subject to hydrolysis) is 1. The predicted molar refractivity (Wildman–Crippen MR) is 126 cm³/mol. The van der Waals surface area contributed by atoms with E-state index in [0.717, 1.165) is 27.2 Å². The molecule has 1 aliphatic carbocycles. The van der Waals surface area contributed by atoms with Crippen LogP contribution >= 0.6 is 24.0 Å². The first-order valence-corrected chi connectivity index (χ1v) is 9.53. The van der Waals surface area contributed by atoms with Crippen LogP contribution in [0.4, 0.5) is 4.79 Å². The zero-order chi connectivity index (χ0) is 21.5. The van der Waals surface area contributed by atoms with E-state index in [2.05, 4.69) is 22.7 Å². The maximum Gasteiger partial charge on any atom is 0.407 e. The van der Waals surface area contributed by atoms with Crippen molar-refractivity contribution in [3.8, 4) is 11.1 Å². The Hall–Kier alpha value is -2.60. The van der Waals surface area contributed by atoms with Crippen molar-refractivity contribution in [3.05, 3.63) is 59.7 Å². The lowest BCUT2D eigenvalue weighted by atomic mass is 9.98. The molecular formula is C21H23BIN3O5. The summed E-state index contributed by atoms with van der Waals surface area (Å²) >= 11 is 0. The van der Waals surface area contributed by atoms with Crippen molar-refractivity contribution in [2.45, 2.75) is 5.92 Å². The van der Waals surface area contributed by atoms with Gasteiger partial charge in [0.2, 0.25) is 5.91 Å². The third-order valence-electron chi connectivity index (χ3n) is 4.93. The lowest BCUT2D eigenvalue weighted by Crippen LogP contribution is -2.44. The van der Waals surface area contributed by atoms with Crippen LogP contribution in [0.2, 0.25) is 0 Å². The number of benzene rings is 2. The number of carbonyl (C=O) groups is 3. The average molecular weight is 535 g/mol. The molecule has 0 heterocycles. The molecule has 2 aromatic carbocycles. The van der Waals surface area contributed by atoms with Crippen LogP contribution < -0.4 is 10.5 Å². The summed E-state index contributed by atoms with van der Waals surface area (Å²) in [7, 11) is 5.11. The van der Waals surface area contributed by atoms with Crippen LogP contribution in [-0.4, -0.2) is 68.7 Å². The van der Waals surface area contributed by atoms with Gasteiger partial charge in [-0.15, -0.1) is 24.0 Å². The first kappa shape index (κ1) is 24.7. The molecule has 0 bridgehead atoms. The van der Waals surface area contributed by atoms with Gasteiger partial charge in [-0.25, -0.2) is 4.79 Å². The molecule has 2 radical (unpaired) electrons. The van der Waals surface area contributed by atoms with E-state index in [1.165, 1.54) is 0 Å². The van der Waals surface area contributed by atoms with Gasteiger partial charge in [0, 0.05) is 19.0 Å². The summed E-state index contributed by atoms with van der Waals surface area (Å²) in [5, 5.41) is 13.7. The molecule has 0 atom stereocenters. The second kappa shape index (κ2) is 11.7. The van der Waals surface area contributed by atoms with Crippen molar-refractivity contribution in [1.29, 1.82) is 0 Å². The van der Waals surface area contributed by atoms with Gasteiger partial charge in [0.05, 0.1) is 6.54 Å². The highest BCUT2D eigenvalue weighted by Gasteiger charge is 2.29. The Morgan fingerprint density at radius 1 is 1.03 bits per heavy atom. The molecule has 162 valence electrons. The Kier molecular flexibility index (Phi) is 9.31. The fourth-order valence-electron chi connectivity index (χ4n) is 3.60. The van der Waals surface area contributed by atoms with E-state index < -0.39 is 24.5 Å². The van der Waals surface area contributed by atoms with Gasteiger partial charge in [0.1, 0.15) is 13.2 Å². The second-order valence-corrected chi connectivity index (χ2v) is 6.84. The van der Waals surface area contributed by atoms with Crippen molar-refractivity contribution in [1.82, 2.24) is 15.4 Å². The van der Waals surface area contributed by atoms with Crippen LogP contribution in [0.1, 0.15) is 17.0 Å². The standard InChI is InChI=1S/C21H22BN3O5.HI/c22-24-11-19(26)25(12-20(27)28)10-9-23-21(29)30-13-18-16-7-3-1-5-14(16)15-6-2-4-8-17(15)18;/h1-8,18,24H,9-13H2,(H,23,29)(H,27,28);1H. The Morgan fingerprint density at radius 2 is 1.61 bits per heavy atom. The van der Waals surface area contributed by atoms with Crippen molar-refractivity contribution < 1.29 is 24.2 Å². The molecule has 3 rings (SSSR count). The van der Waals surface area contributed by atoms with Gasteiger partial charge in [0.15, 0.2) is 7.98 Å². The summed E-state index contributed by atoms with van der Waals surface area (Å²) in [4.78, 5) is 36.0. The number of fused-ring (bicyclic) bond motifs is 3. The highest BCUT2D eigenvalue weighted by Crippen LogP contribution is 2.44. The van der Waals surface area contributed by atoms with Crippen molar-refractivity contribution >= 4 is 49.9 Å². The van der Waals surface area contributed by atoms with E-state index in [0.29, 0.717) is 0 Å². The Bertz CT molecular complexity index is 897. The fourth-order valence-corrected chi connectivity index (χ4v) is 3.60. The van der Waals surface area contributed by atoms with Crippen molar-refractivity contribution in [2.24, 2.45) is 0 Å². The number of carboxylic acid groups (broad SMARTS) is 1. The molecule has 0 aliphatic heterocycles. The zero-order valence-corrected chi connectivity index (χ0v) is 19.1. The van der Waals surface area contributed by atoms with Crippen LogP contribution in [-0.2, 0) is 14.3 Å². The molecule has 0 spiro atoms. The summed E-state index contributed by atoms with van der Waals surface area (Å²) in [5.41, 5.74) is 4.50. The Balaban J connectivity index is 0.00000341. The van der Waals surface area contributed by atoms with Gasteiger partial charge in [-0.1, -0.05) is 48.5 Å². The predicted octanol–water partition coefficient (Wildman–Crippen LogP) is 1.73. The van der Waals surface area contributed by atoms with Gasteiger partial charge >= 0.3 is 12.1 Å². The SMILES string of the molecule is I.[B]NCC(=O)N(CCNC(=O)OCC1c2ccccc2-c2ccccc21)CC(=O)O. The molecule has 31 heavy (non-hydrogen) atoms. The smallest absolute Gasteiger partial charge is 0.407 e. The number of aliphatic carboxylic acids is 1. The topological polar surface area (TPSA) is 108 Å². The number of nitrogens with one attached hydrogen (secondary N) is 2. The number of halogens is 1. The van der Waals surface area contributed by atoms with Crippen molar-refractivity contribution in [2.75, 3.05) is 32.8 Å². The molecule has 1 aliphatic rings. The minimum Gasteiger partial charge on any atom is -0.480 e. The second-order valence-electron chi connectivity index (χ2n) is 6.84. The highest BCUT2D eigenvalue weighted by molar-refractivity contribution is 14.0. The van der Waals surface area contributed by atoms with E-state index in [1.807, 2.05) is 36.4 Å². The lowest BCUT2D eigenvalue weighted by molar-refractivity contribution is -0.143. The van der Waals surface area contributed by atoms with Crippen LogP contribution in [0.25, 0.3) is 11.1 Å². The van der Waals surface area contributed by atoms with E-state index in [4.69, 9.17) is 17.8 Å². The van der Waals surface area contributed by atoms with E-state index in [9.17, 15) is 14.4 Å². The quantitative estimate of drug-likeness (QED) is 0.334. The Labute approximate surface area is 198 Å². The molecule has 0 saturated carbocycles. The third-order valence-corrected chi connectivity index (χ3v) is 4.93. The third kappa shape index (κ3) is 6.20. The van der Waals surface area contributed by atoms with Crippen LogP contribution in [0, 0.1) is 0 Å². The molecule has 2 amide bonds. The zero-order valence-electron chi connectivity index (χ0n) is 16.7. The number of rotatable bonds is 9. The number of ether oxygens (including phenoxy) is 1. The normalized spacial score (nSPS) is 11.6. The first-order chi connectivity index (χ1) is 14.5. The molecule has 3 N–H and O–H groups in total. The van der Waals surface area contributed by atoms with Crippen molar-refractivity contribution in [3.63, 3.8) is 0 Å². The maximum atomic E-state index is 12.1. The molecule has 0 aromatic heterocycles. The summed E-state index contributed by atoms with van der Waals surface area (Å²) in [6, 6.07) is 16.1. The van der Waals surface area contributed by atoms with Crippen LogP contribution in [0.5, 0.6) is 0 Å². The van der Waals surface area contributed by atoms with Crippen LogP contribution in [0.3, 0.4) is 0 Å². The van der Waals surface area contributed by atoms with E-state index in [-0.39, 0.29) is 56.1 Å². The number of carboxylic acids is 1. The lowest BCUT2D eigenvalue weighted by Gasteiger charge is -2.21. The van der Waals surface area contributed by atoms with Gasteiger partial charge in [-0.2, -0.15) is 0 Å². The monoisotopic (exact) mass is 535 g/mol. The van der Waals surface area contributed by atoms with Gasteiger partial charge in [0.25, 0.3) is 0 Å². The number of hydrogen-bond acceptors (Lipinski definition) is 5. The average Bonchev–Trinajstić information content (AvgIpc) is 3.05. The fraction of sp³-hybridized carbons (Fsp3) is 0.286. The summed E-state index contributed by atoms with van der Waals surface area (Å²) in [5.74, 6) is -1.68. The summed E-state index contributed by atoms with van der Waals surface area (Å²) < 4.78 is 5.41. The van der Waals surface area contributed by atoms with Gasteiger partial charge in [-0.05, 0) is 22.3 Å². The number of hydrogen-bond donors (Lipinski definition) is 3. The summed E-state index contributed by atoms with van der Waals surface area (Å²) in [6.07, 6.45) is -0.628. The minimum atomic E-state index is -1.15. The highest BCUT2D eigenvalue weighted by atomic mass is 127. The molecule has 0 unspecified atom stereocenters. The Morgan fingerprint density at radius 3 is 2.16 bits per heavy atom. The largest absolute Gasteiger partial charge is 0.480 e. The number of carbonyl (C=O) groups excluding carboxylic acids is 2. The number of amides is 2. The maximum absolute atomic E-state index is 12.1. The summed E-state index contributed by atoms with van der Waals surface area (Å²) in [6.45, 7) is -0.420.